The fraction of sp³-hybridized carbons (Fsp3) is 0.111. The molecule has 0 bridgehead atoms. The van der Waals surface area contributed by atoms with Crippen LogP contribution in [0, 0.1) is 0 Å². The topological polar surface area (TPSA) is 34.0 Å². The molecule has 1 aliphatic rings. The van der Waals surface area contributed by atoms with E-state index in [0.29, 0.717) is 6.73 Å². The number of ether oxygens (including phenoxy) is 1. The molecule has 0 aliphatic carbocycles. The molecule has 1 heterocycles. The number of para-hydroxylation sites is 1. The minimum atomic E-state index is 0.342. The van der Waals surface area contributed by atoms with Crippen molar-refractivity contribution in [3.05, 3.63) is 29.8 Å². The molecule has 0 fully saturated rings. The molecule has 0 amide bonds. The predicted octanol–water partition coefficient (Wildman–Crippen LogP) is 1.48. The van der Waals surface area contributed by atoms with Crippen molar-refractivity contribution in [1.82, 2.24) is 0 Å². The van der Waals surface area contributed by atoms with Gasteiger partial charge in [-0.25, -0.2) is 9.98 Å². The van der Waals surface area contributed by atoms with Crippen LogP contribution in [-0.4, -0.2) is 19.3 Å². The van der Waals surface area contributed by atoms with Gasteiger partial charge in [0.25, 0.3) is 0 Å². The zero-order valence-corrected chi connectivity index (χ0v) is 6.47. The van der Waals surface area contributed by atoms with Crippen LogP contribution in [0.4, 0.5) is 0 Å². The summed E-state index contributed by atoms with van der Waals surface area (Å²) in [6.07, 6.45) is 3.23. The standard InChI is InChI=1S/C9H8N2O/c1-2-4-9-8(3-1)5-10-6-11-7-12-9/h1-6H,7H2/b10-5?,11-6-. The van der Waals surface area contributed by atoms with Crippen LogP contribution >= 0.6 is 0 Å². The van der Waals surface area contributed by atoms with Crippen LogP contribution in [-0.2, 0) is 0 Å². The second-order valence-electron chi connectivity index (χ2n) is 2.39. The van der Waals surface area contributed by atoms with Gasteiger partial charge >= 0.3 is 0 Å². The third-order valence-corrected chi connectivity index (χ3v) is 1.58. The van der Waals surface area contributed by atoms with Crippen molar-refractivity contribution >= 4 is 12.6 Å². The summed E-state index contributed by atoms with van der Waals surface area (Å²) < 4.78 is 5.34. The molecule has 60 valence electrons. The Morgan fingerprint density at radius 3 is 3.17 bits per heavy atom. The first-order valence-electron chi connectivity index (χ1n) is 3.70. The Morgan fingerprint density at radius 1 is 1.25 bits per heavy atom. The van der Waals surface area contributed by atoms with Crippen molar-refractivity contribution in [2.75, 3.05) is 6.73 Å². The van der Waals surface area contributed by atoms with Crippen LogP contribution in [0.25, 0.3) is 0 Å². The number of hydrogen-bond acceptors (Lipinski definition) is 3. The summed E-state index contributed by atoms with van der Waals surface area (Å²) in [5, 5.41) is 0. The average Bonchev–Trinajstić information content (AvgIpc) is 2.06. The monoisotopic (exact) mass is 160 g/mol. The lowest BCUT2D eigenvalue weighted by Gasteiger charge is -2.06. The van der Waals surface area contributed by atoms with Crippen molar-refractivity contribution < 1.29 is 4.74 Å². The Morgan fingerprint density at radius 2 is 2.17 bits per heavy atom. The lowest BCUT2D eigenvalue weighted by atomic mass is 10.2. The Labute approximate surface area is 70.4 Å². The van der Waals surface area contributed by atoms with Gasteiger partial charge in [-0.2, -0.15) is 0 Å². The third-order valence-electron chi connectivity index (χ3n) is 1.58. The van der Waals surface area contributed by atoms with E-state index in [-0.39, 0.29) is 0 Å². The Hall–Kier alpha value is -1.64. The minimum Gasteiger partial charge on any atom is -0.471 e. The molecule has 3 heteroatoms. The molecule has 0 aromatic heterocycles. The fourth-order valence-electron chi connectivity index (χ4n) is 1.02. The molecule has 2 rings (SSSR count). The van der Waals surface area contributed by atoms with Gasteiger partial charge in [0.2, 0.25) is 0 Å². The van der Waals surface area contributed by atoms with E-state index >= 15 is 0 Å². The Bertz CT molecular complexity index is 331. The summed E-state index contributed by atoms with van der Waals surface area (Å²) >= 11 is 0. The summed E-state index contributed by atoms with van der Waals surface area (Å²) in [5.74, 6) is 0.832. The predicted molar refractivity (Wildman–Crippen MR) is 48.0 cm³/mol. The van der Waals surface area contributed by atoms with E-state index in [9.17, 15) is 0 Å². The summed E-state index contributed by atoms with van der Waals surface area (Å²) in [4.78, 5) is 7.86. The lowest BCUT2D eigenvalue weighted by Crippen LogP contribution is -1.99. The fourth-order valence-corrected chi connectivity index (χ4v) is 1.02. The minimum absolute atomic E-state index is 0.342. The van der Waals surface area contributed by atoms with E-state index < -0.39 is 0 Å². The maximum atomic E-state index is 5.34. The van der Waals surface area contributed by atoms with Gasteiger partial charge in [-0.05, 0) is 12.1 Å². The largest absolute Gasteiger partial charge is 0.471 e. The highest BCUT2D eigenvalue weighted by Gasteiger charge is 1.99. The first-order valence-corrected chi connectivity index (χ1v) is 3.70. The molecule has 0 atom stereocenters. The van der Waals surface area contributed by atoms with Crippen LogP contribution < -0.4 is 4.74 Å². The smallest absolute Gasteiger partial charge is 0.180 e. The lowest BCUT2D eigenvalue weighted by molar-refractivity contribution is 0.331. The Kier molecular flexibility index (Phi) is 1.86. The highest BCUT2D eigenvalue weighted by molar-refractivity contribution is 5.88. The van der Waals surface area contributed by atoms with E-state index in [2.05, 4.69) is 9.98 Å². The van der Waals surface area contributed by atoms with Crippen molar-refractivity contribution in [1.29, 1.82) is 0 Å². The summed E-state index contributed by atoms with van der Waals surface area (Å²) in [6, 6.07) is 7.74. The molecule has 1 aromatic rings. The van der Waals surface area contributed by atoms with Gasteiger partial charge in [0.1, 0.15) is 12.1 Å². The average molecular weight is 160 g/mol. The molecular formula is C9H8N2O. The molecule has 0 N–H and O–H groups in total. The van der Waals surface area contributed by atoms with Crippen molar-refractivity contribution in [2.24, 2.45) is 9.98 Å². The third kappa shape index (κ3) is 1.34. The molecule has 0 saturated carbocycles. The molecule has 0 spiro atoms. The molecule has 0 unspecified atom stereocenters. The highest BCUT2D eigenvalue weighted by atomic mass is 16.5. The highest BCUT2D eigenvalue weighted by Crippen LogP contribution is 2.16. The number of fused-ring (bicyclic) bond motifs is 1. The number of hydrogen-bond donors (Lipinski definition) is 0. The summed E-state index contributed by atoms with van der Waals surface area (Å²) in [6.45, 7) is 0.342. The van der Waals surface area contributed by atoms with E-state index in [4.69, 9.17) is 4.74 Å². The van der Waals surface area contributed by atoms with Gasteiger partial charge in [0, 0.05) is 11.8 Å². The molecule has 3 nitrogen and oxygen atoms in total. The van der Waals surface area contributed by atoms with E-state index in [0.717, 1.165) is 11.3 Å². The van der Waals surface area contributed by atoms with Gasteiger partial charge in [-0.3, -0.25) is 0 Å². The number of rotatable bonds is 0. The molecule has 1 aliphatic heterocycles. The second kappa shape index (κ2) is 3.17. The SMILES string of the molecule is C1=N/C=N\COc2ccccc21. The van der Waals surface area contributed by atoms with Gasteiger partial charge in [-0.1, -0.05) is 12.1 Å². The summed E-state index contributed by atoms with van der Waals surface area (Å²) in [7, 11) is 0. The van der Waals surface area contributed by atoms with E-state index in [1.54, 1.807) is 6.21 Å². The van der Waals surface area contributed by atoms with Crippen molar-refractivity contribution in [3.8, 4) is 5.75 Å². The zero-order valence-electron chi connectivity index (χ0n) is 6.47. The first-order chi connectivity index (χ1) is 5.97. The number of benzene rings is 1. The second-order valence-corrected chi connectivity index (χ2v) is 2.39. The van der Waals surface area contributed by atoms with Crippen LogP contribution in [0.5, 0.6) is 5.75 Å². The zero-order chi connectivity index (χ0) is 8.23. The number of nitrogens with zero attached hydrogens (tertiary/aromatic N) is 2. The van der Waals surface area contributed by atoms with Crippen LogP contribution in [0.2, 0.25) is 0 Å². The number of aliphatic imine (C=N–C) groups is 2. The van der Waals surface area contributed by atoms with E-state index in [1.807, 2.05) is 24.3 Å². The molecule has 0 saturated heterocycles. The molecule has 0 radical (unpaired) electrons. The first kappa shape index (κ1) is 7.03. The summed E-state index contributed by atoms with van der Waals surface area (Å²) in [5.41, 5.74) is 0.989. The normalized spacial score (nSPS) is 17.0. The van der Waals surface area contributed by atoms with Crippen LogP contribution in [0.1, 0.15) is 5.56 Å². The van der Waals surface area contributed by atoms with Crippen LogP contribution in [0.15, 0.2) is 34.3 Å². The quantitative estimate of drug-likeness (QED) is 0.566. The van der Waals surface area contributed by atoms with Crippen molar-refractivity contribution in [3.63, 3.8) is 0 Å². The van der Waals surface area contributed by atoms with Gasteiger partial charge in [0.05, 0.1) is 0 Å². The van der Waals surface area contributed by atoms with Gasteiger partial charge in [0.15, 0.2) is 6.73 Å². The van der Waals surface area contributed by atoms with Gasteiger partial charge < -0.3 is 4.74 Å². The molecular weight excluding hydrogens is 152 g/mol. The van der Waals surface area contributed by atoms with E-state index in [1.165, 1.54) is 6.34 Å². The van der Waals surface area contributed by atoms with Gasteiger partial charge in [-0.15, -0.1) is 0 Å². The van der Waals surface area contributed by atoms with Crippen LogP contribution in [0.3, 0.4) is 0 Å². The molecule has 12 heavy (non-hydrogen) atoms. The molecule has 1 aromatic carbocycles. The maximum absolute atomic E-state index is 5.34. The Balaban J connectivity index is 2.43. The van der Waals surface area contributed by atoms with Crippen molar-refractivity contribution in [2.45, 2.75) is 0 Å². The maximum Gasteiger partial charge on any atom is 0.180 e.